The molecule has 2 amide bonds. The summed E-state index contributed by atoms with van der Waals surface area (Å²) in [5, 5.41) is 5.68. The Labute approximate surface area is 183 Å². The third-order valence-corrected chi connectivity index (χ3v) is 6.96. The molecule has 1 aliphatic rings. The fourth-order valence-corrected chi connectivity index (χ4v) is 4.95. The molecule has 0 bridgehead atoms. The van der Waals surface area contributed by atoms with Gasteiger partial charge in [0.1, 0.15) is 0 Å². The van der Waals surface area contributed by atoms with Crippen molar-refractivity contribution in [3.05, 3.63) is 59.7 Å². The van der Waals surface area contributed by atoms with Crippen LogP contribution in [0.15, 0.2) is 53.4 Å². The first-order valence-corrected chi connectivity index (χ1v) is 12.1. The van der Waals surface area contributed by atoms with Crippen molar-refractivity contribution in [2.45, 2.75) is 62.9 Å². The fraction of sp³-hybridized carbons (Fsp3) is 0.391. The Bertz CT molecular complexity index is 1030. The molecule has 0 aromatic heterocycles. The highest BCUT2D eigenvalue weighted by molar-refractivity contribution is 7.89. The van der Waals surface area contributed by atoms with Gasteiger partial charge in [0.05, 0.1) is 10.9 Å². The molecule has 166 valence electrons. The second-order valence-electron chi connectivity index (χ2n) is 7.85. The molecule has 31 heavy (non-hydrogen) atoms. The van der Waals surface area contributed by atoms with Gasteiger partial charge in [-0.05, 0) is 55.7 Å². The van der Waals surface area contributed by atoms with E-state index < -0.39 is 10.0 Å². The normalized spacial score (nSPS) is 15.4. The molecule has 0 aliphatic heterocycles. The number of nitrogens with one attached hydrogen (secondary N) is 3. The molecule has 7 nitrogen and oxygen atoms in total. The molecule has 1 unspecified atom stereocenters. The lowest BCUT2D eigenvalue weighted by molar-refractivity contribution is -0.115. The predicted molar refractivity (Wildman–Crippen MR) is 120 cm³/mol. The second-order valence-corrected chi connectivity index (χ2v) is 9.56. The van der Waals surface area contributed by atoms with Crippen LogP contribution in [0.2, 0.25) is 0 Å². The first-order valence-electron chi connectivity index (χ1n) is 10.6. The number of carbonyl (C=O) groups is 2. The zero-order valence-electron chi connectivity index (χ0n) is 17.9. The Balaban J connectivity index is 1.66. The molecule has 3 rings (SSSR count). The minimum atomic E-state index is -3.66. The first kappa shape index (κ1) is 23.0. The van der Waals surface area contributed by atoms with Crippen molar-refractivity contribution < 1.29 is 18.0 Å². The molecule has 0 heterocycles. The minimum absolute atomic E-state index is 0.0346. The predicted octanol–water partition coefficient (Wildman–Crippen LogP) is 3.75. The van der Waals surface area contributed by atoms with E-state index in [2.05, 4.69) is 15.4 Å². The zero-order valence-corrected chi connectivity index (χ0v) is 18.7. The van der Waals surface area contributed by atoms with E-state index in [9.17, 15) is 18.0 Å². The largest absolute Gasteiger partial charge is 0.346 e. The van der Waals surface area contributed by atoms with Crippen LogP contribution in [0.5, 0.6) is 0 Å². The summed E-state index contributed by atoms with van der Waals surface area (Å²) < 4.78 is 28.1. The summed E-state index contributed by atoms with van der Waals surface area (Å²) in [5.41, 5.74) is 1.85. The highest BCUT2D eigenvalue weighted by Crippen LogP contribution is 2.21. The third-order valence-electron chi connectivity index (χ3n) is 5.45. The Morgan fingerprint density at radius 1 is 1.06 bits per heavy atom. The maximum atomic E-state index is 12.7. The van der Waals surface area contributed by atoms with Gasteiger partial charge < -0.3 is 10.6 Å². The van der Waals surface area contributed by atoms with Gasteiger partial charge in [0, 0.05) is 23.7 Å². The first-order chi connectivity index (χ1) is 14.8. The van der Waals surface area contributed by atoms with E-state index in [1.54, 1.807) is 31.2 Å². The van der Waals surface area contributed by atoms with Crippen molar-refractivity contribution in [3.8, 4) is 0 Å². The van der Waals surface area contributed by atoms with Crippen LogP contribution < -0.4 is 15.4 Å². The Kier molecular flexibility index (Phi) is 7.46. The molecule has 0 saturated heterocycles. The number of sulfonamides is 1. The van der Waals surface area contributed by atoms with Gasteiger partial charge in [-0.3, -0.25) is 9.59 Å². The highest BCUT2D eigenvalue weighted by atomic mass is 32.2. The number of benzene rings is 2. The van der Waals surface area contributed by atoms with Crippen molar-refractivity contribution >= 4 is 27.5 Å². The summed E-state index contributed by atoms with van der Waals surface area (Å²) >= 11 is 0. The lowest BCUT2D eigenvalue weighted by atomic mass is 10.1. The topological polar surface area (TPSA) is 104 Å². The molecule has 0 radical (unpaired) electrons. The summed E-state index contributed by atoms with van der Waals surface area (Å²) in [4.78, 5) is 24.3. The van der Waals surface area contributed by atoms with Crippen LogP contribution in [-0.2, 0) is 14.8 Å². The van der Waals surface area contributed by atoms with Crippen molar-refractivity contribution in [1.82, 2.24) is 10.0 Å². The molecule has 3 N–H and O–H groups in total. The fourth-order valence-electron chi connectivity index (χ4n) is 3.60. The second kappa shape index (κ2) is 10.1. The van der Waals surface area contributed by atoms with E-state index in [-0.39, 0.29) is 34.4 Å². The van der Waals surface area contributed by atoms with Gasteiger partial charge in [-0.25, -0.2) is 13.1 Å². The van der Waals surface area contributed by atoms with Crippen LogP contribution in [-0.4, -0.2) is 26.3 Å². The van der Waals surface area contributed by atoms with Gasteiger partial charge in [0.15, 0.2) is 0 Å². The molecule has 8 heteroatoms. The van der Waals surface area contributed by atoms with Crippen molar-refractivity contribution in [2.24, 2.45) is 0 Å². The quantitative estimate of drug-likeness (QED) is 0.578. The van der Waals surface area contributed by atoms with E-state index in [4.69, 9.17) is 0 Å². The lowest BCUT2D eigenvalue weighted by Crippen LogP contribution is -2.33. The minimum Gasteiger partial charge on any atom is -0.346 e. The van der Waals surface area contributed by atoms with Gasteiger partial charge in [-0.1, -0.05) is 38.0 Å². The molecule has 0 spiro atoms. The summed E-state index contributed by atoms with van der Waals surface area (Å²) in [7, 11) is -3.66. The molecular weight excluding hydrogens is 414 g/mol. The zero-order chi connectivity index (χ0) is 22.4. The summed E-state index contributed by atoms with van der Waals surface area (Å²) in [6.45, 7) is 3.63. The van der Waals surface area contributed by atoms with Crippen LogP contribution in [0, 0.1) is 0 Å². The lowest BCUT2D eigenvalue weighted by Gasteiger charge is -2.16. The third kappa shape index (κ3) is 6.15. The van der Waals surface area contributed by atoms with Crippen LogP contribution in [0.4, 0.5) is 5.69 Å². The van der Waals surface area contributed by atoms with Gasteiger partial charge >= 0.3 is 0 Å². The SMILES string of the molecule is CCC(=O)Nc1ccc(C(C)NC(=O)c2cccc(S(=O)(=O)NC3CCCC3)c2)cc1. The molecule has 1 fully saturated rings. The van der Waals surface area contributed by atoms with E-state index in [0.717, 1.165) is 31.2 Å². The van der Waals surface area contributed by atoms with Crippen LogP contribution in [0.25, 0.3) is 0 Å². The van der Waals surface area contributed by atoms with Crippen LogP contribution in [0.3, 0.4) is 0 Å². The van der Waals surface area contributed by atoms with E-state index >= 15 is 0 Å². The summed E-state index contributed by atoms with van der Waals surface area (Å²) in [6.07, 6.45) is 4.15. The van der Waals surface area contributed by atoms with Gasteiger partial charge in [0.25, 0.3) is 5.91 Å². The Morgan fingerprint density at radius 2 is 1.74 bits per heavy atom. The number of rotatable bonds is 8. The molecule has 2 aromatic rings. The molecule has 1 atom stereocenters. The maximum Gasteiger partial charge on any atom is 0.251 e. The van der Waals surface area contributed by atoms with Crippen molar-refractivity contribution in [2.75, 3.05) is 5.32 Å². The molecule has 1 aliphatic carbocycles. The molecular formula is C23H29N3O4S. The average Bonchev–Trinajstić information content (AvgIpc) is 3.26. The van der Waals surface area contributed by atoms with Crippen molar-refractivity contribution in [3.63, 3.8) is 0 Å². The van der Waals surface area contributed by atoms with Gasteiger partial charge in [-0.15, -0.1) is 0 Å². The monoisotopic (exact) mass is 443 g/mol. The van der Waals surface area contributed by atoms with Crippen LogP contribution in [0.1, 0.15) is 67.9 Å². The number of carbonyl (C=O) groups excluding carboxylic acids is 2. The maximum absolute atomic E-state index is 12.7. The number of hydrogen-bond donors (Lipinski definition) is 3. The van der Waals surface area contributed by atoms with Gasteiger partial charge in [-0.2, -0.15) is 0 Å². The van der Waals surface area contributed by atoms with E-state index in [0.29, 0.717) is 12.1 Å². The molecule has 2 aromatic carbocycles. The highest BCUT2D eigenvalue weighted by Gasteiger charge is 2.23. The standard InChI is InChI=1S/C23H29N3O4S/c1-3-22(27)25-19-13-11-17(12-14-19)16(2)24-23(28)18-7-6-10-21(15-18)31(29,30)26-20-8-4-5-9-20/h6-7,10-16,20,26H,3-5,8-9H2,1-2H3,(H,24,28)(H,25,27). The smallest absolute Gasteiger partial charge is 0.251 e. The number of hydrogen-bond acceptors (Lipinski definition) is 4. The number of anilines is 1. The van der Waals surface area contributed by atoms with E-state index in [1.807, 2.05) is 19.1 Å². The van der Waals surface area contributed by atoms with Crippen LogP contribution >= 0.6 is 0 Å². The Hall–Kier alpha value is -2.71. The average molecular weight is 444 g/mol. The number of amides is 2. The van der Waals surface area contributed by atoms with E-state index in [1.165, 1.54) is 12.1 Å². The Morgan fingerprint density at radius 3 is 2.39 bits per heavy atom. The molecule has 1 saturated carbocycles. The summed E-state index contributed by atoms with van der Waals surface area (Å²) in [6, 6.07) is 13.0. The van der Waals surface area contributed by atoms with Gasteiger partial charge in [0.2, 0.25) is 15.9 Å². The van der Waals surface area contributed by atoms with Crippen molar-refractivity contribution in [1.29, 1.82) is 0 Å². The summed E-state index contributed by atoms with van der Waals surface area (Å²) in [5.74, 6) is -0.417.